The molecule has 0 fully saturated rings. The first kappa shape index (κ1) is 22.0. The van der Waals surface area contributed by atoms with Gasteiger partial charge in [0.2, 0.25) is 0 Å². The molecule has 0 bridgehead atoms. The van der Waals surface area contributed by atoms with Crippen molar-refractivity contribution < 1.29 is 4.74 Å². The fraction of sp³-hybridized carbons (Fsp3) is 0.310. The minimum atomic E-state index is -0.123. The van der Waals surface area contributed by atoms with Gasteiger partial charge in [0.1, 0.15) is 6.10 Å². The van der Waals surface area contributed by atoms with Crippen molar-refractivity contribution in [3.05, 3.63) is 108 Å². The summed E-state index contributed by atoms with van der Waals surface area (Å²) >= 11 is 0. The molecule has 4 aromatic heterocycles. The molecule has 6 rings (SSSR count). The van der Waals surface area contributed by atoms with Gasteiger partial charge in [-0.1, -0.05) is 36.4 Å². The van der Waals surface area contributed by atoms with Gasteiger partial charge < -0.3 is 4.74 Å². The van der Waals surface area contributed by atoms with Gasteiger partial charge >= 0.3 is 0 Å². The second-order valence-electron chi connectivity index (χ2n) is 9.41. The van der Waals surface area contributed by atoms with Gasteiger partial charge in [-0.3, -0.25) is 4.90 Å². The molecule has 1 aliphatic heterocycles. The topological polar surface area (TPSA) is 47.1 Å². The van der Waals surface area contributed by atoms with Crippen LogP contribution >= 0.6 is 0 Å². The first-order chi connectivity index (χ1) is 17.3. The summed E-state index contributed by atoms with van der Waals surface area (Å²) in [6.45, 7) is 4.05. The Morgan fingerprint density at radius 3 is 2.34 bits per heavy atom. The summed E-state index contributed by atoms with van der Waals surface area (Å²) in [5.74, 6) is 0. The number of hydrogen-bond acceptors (Lipinski definition) is 4. The van der Waals surface area contributed by atoms with Crippen molar-refractivity contribution in [2.24, 2.45) is 0 Å². The minimum absolute atomic E-state index is 0.123. The quantitative estimate of drug-likeness (QED) is 0.284. The van der Waals surface area contributed by atoms with Crippen molar-refractivity contribution in [2.45, 2.75) is 38.3 Å². The Labute approximate surface area is 205 Å². The standard InChI is InChI=1S/C29H31N5O/c1-2-10-24-22-32(17-13-23(24)9-1)14-7-8-18-35-29(28-21-27-12-4-6-16-34(27)31-28)20-25-19-26-11-3-5-15-33(26)30-25/h1-6,9-12,15-16,19,21,29H,7-8,13-14,17-18,20,22H2. The lowest BCUT2D eigenvalue weighted by molar-refractivity contribution is 0.0451. The number of pyridine rings is 2. The minimum Gasteiger partial charge on any atom is -0.371 e. The third-order valence-corrected chi connectivity index (χ3v) is 6.93. The van der Waals surface area contributed by atoms with Gasteiger partial charge in [0.05, 0.1) is 22.4 Å². The highest BCUT2D eigenvalue weighted by Crippen LogP contribution is 2.24. The second-order valence-corrected chi connectivity index (χ2v) is 9.41. The third kappa shape index (κ3) is 4.99. The van der Waals surface area contributed by atoms with Gasteiger partial charge in [0.15, 0.2) is 0 Å². The Kier molecular flexibility index (Phi) is 6.30. The highest BCUT2D eigenvalue weighted by molar-refractivity contribution is 5.49. The van der Waals surface area contributed by atoms with Gasteiger partial charge in [-0.2, -0.15) is 10.2 Å². The molecule has 0 amide bonds. The van der Waals surface area contributed by atoms with Crippen LogP contribution in [0.4, 0.5) is 0 Å². The maximum atomic E-state index is 6.46. The zero-order valence-corrected chi connectivity index (χ0v) is 20.0. The Balaban J connectivity index is 1.09. The fourth-order valence-electron chi connectivity index (χ4n) is 5.05. The number of aromatic nitrogens is 4. The number of nitrogens with zero attached hydrogens (tertiary/aromatic N) is 5. The van der Waals surface area contributed by atoms with Crippen LogP contribution in [0.25, 0.3) is 11.0 Å². The van der Waals surface area contributed by atoms with Gasteiger partial charge in [-0.15, -0.1) is 0 Å². The van der Waals surface area contributed by atoms with E-state index in [9.17, 15) is 0 Å². The summed E-state index contributed by atoms with van der Waals surface area (Å²) in [7, 11) is 0. The molecule has 0 aliphatic carbocycles. The number of unbranched alkanes of at least 4 members (excludes halogenated alkanes) is 1. The molecule has 0 radical (unpaired) electrons. The van der Waals surface area contributed by atoms with Crippen LogP contribution in [-0.2, 0) is 24.1 Å². The highest BCUT2D eigenvalue weighted by Gasteiger charge is 2.19. The third-order valence-electron chi connectivity index (χ3n) is 6.93. The average Bonchev–Trinajstić information content (AvgIpc) is 3.51. The van der Waals surface area contributed by atoms with E-state index in [4.69, 9.17) is 14.9 Å². The molecule has 1 unspecified atom stereocenters. The second kappa shape index (κ2) is 10.0. The molecule has 5 heterocycles. The average molecular weight is 466 g/mol. The van der Waals surface area contributed by atoms with Crippen molar-refractivity contribution in [1.82, 2.24) is 24.1 Å². The van der Waals surface area contributed by atoms with E-state index in [1.165, 1.54) is 11.1 Å². The lowest BCUT2D eigenvalue weighted by Crippen LogP contribution is -2.31. The molecule has 1 aromatic carbocycles. The Hall–Kier alpha value is -3.48. The van der Waals surface area contributed by atoms with Crippen LogP contribution in [-0.4, -0.2) is 43.8 Å². The maximum absolute atomic E-state index is 6.46. The van der Waals surface area contributed by atoms with Crippen LogP contribution in [0.15, 0.2) is 85.2 Å². The Bertz CT molecular complexity index is 1350. The Morgan fingerprint density at radius 2 is 1.54 bits per heavy atom. The van der Waals surface area contributed by atoms with Crippen LogP contribution in [0, 0.1) is 0 Å². The van der Waals surface area contributed by atoms with Crippen molar-refractivity contribution >= 4 is 11.0 Å². The molecule has 1 aliphatic rings. The van der Waals surface area contributed by atoms with Gasteiger partial charge in [-0.25, -0.2) is 9.03 Å². The first-order valence-corrected chi connectivity index (χ1v) is 12.6. The Morgan fingerprint density at radius 1 is 0.800 bits per heavy atom. The van der Waals surface area contributed by atoms with Gasteiger partial charge in [0, 0.05) is 38.5 Å². The lowest BCUT2D eigenvalue weighted by atomic mass is 10.00. The van der Waals surface area contributed by atoms with E-state index in [1.807, 2.05) is 45.7 Å². The van der Waals surface area contributed by atoms with Crippen LogP contribution in [0.3, 0.4) is 0 Å². The van der Waals surface area contributed by atoms with Gasteiger partial charge in [0.25, 0.3) is 0 Å². The smallest absolute Gasteiger partial charge is 0.107 e. The summed E-state index contributed by atoms with van der Waals surface area (Å²) in [5, 5.41) is 9.56. The van der Waals surface area contributed by atoms with E-state index >= 15 is 0 Å². The number of ether oxygens (including phenoxy) is 1. The predicted octanol–water partition coefficient (Wildman–Crippen LogP) is 5.12. The predicted molar refractivity (Wildman–Crippen MR) is 137 cm³/mol. The summed E-state index contributed by atoms with van der Waals surface area (Å²) in [5.41, 5.74) is 7.14. The molecule has 1 atom stereocenters. The largest absolute Gasteiger partial charge is 0.371 e. The molecule has 0 spiro atoms. The normalized spacial score (nSPS) is 15.0. The molecule has 35 heavy (non-hydrogen) atoms. The van der Waals surface area contributed by atoms with Crippen LogP contribution in [0.2, 0.25) is 0 Å². The highest BCUT2D eigenvalue weighted by atomic mass is 16.5. The number of rotatable bonds is 9. The SMILES string of the molecule is c1ccc2c(c1)CCN(CCCCOC(Cc1cc3ccccn3n1)c1cc3ccccn3n1)C2. The van der Waals surface area contributed by atoms with E-state index < -0.39 is 0 Å². The maximum Gasteiger partial charge on any atom is 0.107 e. The fourth-order valence-corrected chi connectivity index (χ4v) is 5.05. The van der Waals surface area contributed by atoms with E-state index in [0.717, 1.165) is 67.9 Å². The van der Waals surface area contributed by atoms with Crippen molar-refractivity contribution in [1.29, 1.82) is 0 Å². The summed E-state index contributed by atoms with van der Waals surface area (Å²) < 4.78 is 10.3. The van der Waals surface area contributed by atoms with Crippen molar-refractivity contribution in [3.8, 4) is 0 Å². The molecular weight excluding hydrogens is 434 g/mol. The molecule has 0 saturated carbocycles. The lowest BCUT2D eigenvalue weighted by Gasteiger charge is -2.28. The summed E-state index contributed by atoms with van der Waals surface area (Å²) in [6.07, 6.45) is 7.87. The number of benzene rings is 1. The molecule has 6 heteroatoms. The zero-order valence-electron chi connectivity index (χ0n) is 20.0. The van der Waals surface area contributed by atoms with E-state index in [1.54, 1.807) is 0 Å². The molecule has 6 nitrogen and oxygen atoms in total. The van der Waals surface area contributed by atoms with Crippen LogP contribution in [0.1, 0.15) is 41.5 Å². The number of fused-ring (bicyclic) bond motifs is 3. The van der Waals surface area contributed by atoms with Gasteiger partial charge in [-0.05, 0) is 73.3 Å². The molecule has 5 aromatic rings. The molecule has 0 N–H and O–H groups in total. The van der Waals surface area contributed by atoms with E-state index in [-0.39, 0.29) is 6.10 Å². The molecule has 0 saturated heterocycles. The molecular formula is C29H31N5O. The number of hydrogen-bond donors (Lipinski definition) is 0. The molecule has 178 valence electrons. The first-order valence-electron chi connectivity index (χ1n) is 12.6. The van der Waals surface area contributed by atoms with E-state index in [0.29, 0.717) is 6.42 Å². The van der Waals surface area contributed by atoms with Crippen molar-refractivity contribution in [3.63, 3.8) is 0 Å². The zero-order chi connectivity index (χ0) is 23.5. The summed E-state index contributed by atoms with van der Waals surface area (Å²) in [4.78, 5) is 2.57. The monoisotopic (exact) mass is 465 g/mol. The van der Waals surface area contributed by atoms with Crippen LogP contribution < -0.4 is 0 Å². The van der Waals surface area contributed by atoms with E-state index in [2.05, 4.69) is 53.4 Å². The van der Waals surface area contributed by atoms with Crippen molar-refractivity contribution in [2.75, 3.05) is 19.7 Å². The summed E-state index contributed by atoms with van der Waals surface area (Å²) in [6, 6.07) is 25.3. The van der Waals surface area contributed by atoms with Crippen LogP contribution in [0.5, 0.6) is 0 Å².